The molecule has 1 fully saturated rings. The van der Waals surface area contributed by atoms with Crippen LogP contribution in [0.3, 0.4) is 0 Å². The van der Waals surface area contributed by atoms with Crippen molar-refractivity contribution in [3.8, 4) is 11.5 Å². The summed E-state index contributed by atoms with van der Waals surface area (Å²) < 4.78 is 15.2. The van der Waals surface area contributed by atoms with E-state index in [0.29, 0.717) is 23.6 Å². The van der Waals surface area contributed by atoms with Crippen molar-refractivity contribution in [1.82, 2.24) is 10.2 Å². The molecule has 0 atom stereocenters. The molecule has 0 spiro atoms. The van der Waals surface area contributed by atoms with Gasteiger partial charge in [-0.1, -0.05) is 6.07 Å². The van der Waals surface area contributed by atoms with Crippen LogP contribution in [0, 0.1) is 0 Å². The van der Waals surface area contributed by atoms with E-state index < -0.39 is 24.5 Å². The zero-order valence-corrected chi connectivity index (χ0v) is 13.0. The number of nitrogens with zero attached hydrogens (tertiary/aromatic N) is 1. The number of carbonyl (C=O) groups excluding carboxylic acids is 3. The molecule has 0 bridgehead atoms. The number of urea groups is 1. The number of methoxy groups -OCH3 is 2. The smallest absolute Gasteiger partial charge is 0.324 e. The summed E-state index contributed by atoms with van der Waals surface area (Å²) in [5.74, 6) is -0.0479. The van der Waals surface area contributed by atoms with E-state index in [9.17, 15) is 14.4 Å². The van der Waals surface area contributed by atoms with Crippen LogP contribution < -0.4 is 14.8 Å². The summed E-state index contributed by atoms with van der Waals surface area (Å²) in [6, 6.07) is 4.58. The van der Waals surface area contributed by atoms with Crippen molar-refractivity contribution in [3.63, 3.8) is 0 Å². The number of amides is 3. The number of ether oxygens (including phenoxy) is 3. The number of rotatable bonds is 6. The summed E-state index contributed by atoms with van der Waals surface area (Å²) in [4.78, 5) is 35.9. The number of carbonyl (C=O) groups is 3. The van der Waals surface area contributed by atoms with Gasteiger partial charge in [0.2, 0.25) is 0 Å². The normalized spacial score (nSPS) is 13.5. The van der Waals surface area contributed by atoms with Gasteiger partial charge in [-0.05, 0) is 17.7 Å². The third kappa shape index (κ3) is 4.12. The highest BCUT2D eigenvalue weighted by Gasteiger charge is 2.26. The molecule has 0 unspecified atom stereocenters. The van der Waals surface area contributed by atoms with Crippen LogP contribution in [-0.4, -0.2) is 56.7 Å². The van der Waals surface area contributed by atoms with Gasteiger partial charge in [0.15, 0.2) is 18.1 Å². The van der Waals surface area contributed by atoms with E-state index in [0.717, 1.165) is 4.90 Å². The van der Waals surface area contributed by atoms with Gasteiger partial charge < -0.3 is 19.5 Å². The molecule has 1 N–H and O–H groups in total. The van der Waals surface area contributed by atoms with Crippen LogP contribution in [-0.2, 0) is 20.7 Å². The van der Waals surface area contributed by atoms with Crippen molar-refractivity contribution in [1.29, 1.82) is 0 Å². The number of imide groups is 1. The summed E-state index contributed by atoms with van der Waals surface area (Å²) in [6.07, 6.45) is -0.0141. The first-order valence-electron chi connectivity index (χ1n) is 7.00. The Balaban J connectivity index is 1.87. The fourth-order valence-corrected chi connectivity index (χ4v) is 2.14. The average Bonchev–Trinajstić information content (AvgIpc) is 2.98. The lowest BCUT2D eigenvalue weighted by Gasteiger charge is -2.12. The Morgan fingerprint density at radius 3 is 2.57 bits per heavy atom. The molecule has 0 aromatic heterocycles. The Hall–Kier alpha value is -2.77. The molecule has 3 amide bonds. The average molecular weight is 322 g/mol. The molecule has 1 aliphatic heterocycles. The Kier molecular flexibility index (Phi) is 5.40. The van der Waals surface area contributed by atoms with Gasteiger partial charge in [0.05, 0.1) is 20.6 Å². The molecule has 1 saturated heterocycles. The van der Waals surface area contributed by atoms with E-state index in [2.05, 4.69) is 5.32 Å². The fourth-order valence-electron chi connectivity index (χ4n) is 2.14. The largest absolute Gasteiger partial charge is 0.493 e. The fraction of sp³-hybridized carbons (Fsp3) is 0.400. The molecule has 23 heavy (non-hydrogen) atoms. The molecule has 1 aromatic rings. The maximum atomic E-state index is 11.8. The van der Waals surface area contributed by atoms with E-state index in [4.69, 9.17) is 14.2 Å². The van der Waals surface area contributed by atoms with Gasteiger partial charge in [-0.25, -0.2) is 4.79 Å². The van der Waals surface area contributed by atoms with Crippen LogP contribution in [0.2, 0.25) is 0 Å². The second-order valence-electron chi connectivity index (χ2n) is 4.80. The second kappa shape index (κ2) is 7.48. The van der Waals surface area contributed by atoms with Crippen LogP contribution in [0.5, 0.6) is 11.5 Å². The Bertz CT molecular complexity index is 616. The number of esters is 1. The molecule has 1 aliphatic rings. The Labute approximate surface area is 133 Å². The third-order valence-corrected chi connectivity index (χ3v) is 3.31. The predicted molar refractivity (Wildman–Crippen MR) is 79.3 cm³/mol. The summed E-state index contributed by atoms with van der Waals surface area (Å²) >= 11 is 0. The predicted octanol–water partition coefficient (Wildman–Crippen LogP) is 0.341. The molecule has 0 radical (unpaired) electrons. The van der Waals surface area contributed by atoms with Crippen LogP contribution in [0.25, 0.3) is 0 Å². The zero-order chi connectivity index (χ0) is 16.8. The number of nitrogens with one attached hydrogen (secondary N) is 1. The quantitative estimate of drug-likeness (QED) is 0.759. The molecular formula is C15H18N2O6. The van der Waals surface area contributed by atoms with Gasteiger partial charge in [0.25, 0.3) is 5.91 Å². The lowest BCUT2D eigenvalue weighted by atomic mass is 10.1. The molecular weight excluding hydrogens is 304 g/mol. The van der Waals surface area contributed by atoms with Gasteiger partial charge in [-0.2, -0.15) is 0 Å². The lowest BCUT2D eigenvalue weighted by molar-refractivity contribution is -0.150. The van der Waals surface area contributed by atoms with Crippen molar-refractivity contribution in [2.24, 2.45) is 0 Å². The minimum absolute atomic E-state index is 0.0141. The zero-order valence-electron chi connectivity index (χ0n) is 13.0. The van der Waals surface area contributed by atoms with Crippen LogP contribution in [0.15, 0.2) is 18.2 Å². The molecule has 0 aliphatic carbocycles. The summed E-state index contributed by atoms with van der Waals surface area (Å²) in [5, 5.41) is 2.50. The third-order valence-electron chi connectivity index (χ3n) is 3.31. The minimum Gasteiger partial charge on any atom is -0.493 e. The van der Waals surface area contributed by atoms with Crippen LogP contribution in [0.4, 0.5) is 4.79 Å². The second-order valence-corrected chi connectivity index (χ2v) is 4.80. The number of hydrogen-bond donors (Lipinski definition) is 1. The van der Waals surface area contributed by atoms with Crippen LogP contribution >= 0.6 is 0 Å². The van der Waals surface area contributed by atoms with E-state index in [1.807, 2.05) is 0 Å². The van der Waals surface area contributed by atoms with Gasteiger partial charge in [0, 0.05) is 13.1 Å². The van der Waals surface area contributed by atoms with E-state index >= 15 is 0 Å². The summed E-state index contributed by atoms with van der Waals surface area (Å²) in [7, 11) is 3.02. The molecule has 8 heteroatoms. The SMILES string of the molecule is COc1ccc(CC(=O)OCC(=O)N2CCNC2=O)cc1OC. The Morgan fingerprint density at radius 2 is 1.96 bits per heavy atom. The van der Waals surface area contributed by atoms with Crippen molar-refractivity contribution >= 4 is 17.9 Å². The highest BCUT2D eigenvalue weighted by atomic mass is 16.5. The topological polar surface area (TPSA) is 94.2 Å². The molecule has 124 valence electrons. The highest BCUT2D eigenvalue weighted by molar-refractivity contribution is 5.97. The van der Waals surface area contributed by atoms with E-state index in [1.165, 1.54) is 14.2 Å². The lowest BCUT2D eigenvalue weighted by Crippen LogP contribution is -2.37. The number of benzene rings is 1. The highest BCUT2D eigenvalue weighted by Crippen LogP contribution is 2.27. The maximum absolute atomic E-state index is 11.8. The molecule has 1 heterocycles. The van der Waals surface area contributed by atoms with Crippen LogP contribution in [0.1, 0.15) is 5.56 Å². The van der Waals surface area contributed by atoms with Crippen molar-refractivity contribution in [2.45, 2.75) is 6.42 Å². The van der Waals surface area contributed by atoms with Crippen molar-refractivity contribution in [3.05, 3.63) is 23.8 Å². The minimum atomic E-state index is -0.565. The first-order valence-corrected chi connectivity index (χ1v) is 7.00. The summed E-state index contributed by atoms with van der Waals surface area (Å²) in [5.41, 5.74) is 0.666. The standard InChI is InChI=1S/C15H18N2O6/c1-21-11-4-3-10(7-12(11)22-2)8-14(19)23-9-13(18)17-6-5-16-15(17)20/h3-4,7H,5-6,8-9H2,1-2H3,(H,16,20). The first kappa shape index (κ1) is 16.6. The van der Waals surface area contributed by atoms with Gasteiger partial charge in [-0.3, -0.25) is 14.5 Å². The number of hydrogen-bond acceptors (Lipinski definition) is 6. The summed E-state index contributed by atoms with van der Waals surface area (Å²) in [6.45, 7) is 0.231. The Morgan fingerprint density at radius 1 is 1.22 bits per heavy atom. The molecule has 1 aromatic carbocycles. The monoisotopic (exact) mass is 322 g/mol. The molecule has 0 saturated carbocycles. The van der Waals surface area contributed by atoms with Crippen molar-refractivity contribution in [2.75, 3.05) is 33.9 Å². The van der Waals surface area contributed by atoms with Gasteiger partial charge in [0.1, 0.15) is 0 Å². The van der Waals surface area contributed by atoms with Gasteiger partial charge in [-0.15, -0.1) is 0 Å². The van der Waals surface area contributed by atoms with Crippen molar-refractivity contribution < 1.29 is 28.6 Å². The first-order chi connectivity index (χ1) is 11.0. The molecule has 8 nitrogen and oxygen atoms in total. The van der Waals surface area contributed by atoms with E-state index in [-0.39, 0.29) is 13.0 Å². The van der Waals surface area contributed by atoms with Gasteiger partial charge >= 0.3 is 12.0 Å². The molecule has 2 rings (SSSR count). The maximum Gasteiger partial charge on any atom is 0.324 e. The van der Waals surface area contributed by atoms with E-state index in [1.54, 1.807) is 18.2 Å².